The summed E-state index contributed by atoms with van der Waals surface area (Å²) in [5.74, 6) is 2.85. The molecule has 1 fully saturated rings. The Bertz CT molecular complexity index is 798. The lowest BCUT2D eigenvalue weighted by Crippen LogP contribution is -2.42. The molecule has 0 N–H and O–H groups in total. The van der Waals surface area contributed by atoms with Gasteiger partial charge in [0.1, 0.15) is 17.4 Å². The summed E-state index contributed by atoms with van der Waals surface area (Å²) >= 11 is 0. The Morgan fingerprint density at radius 1 is 1.21 bits per heavy atom. The Labute approximate surface area is 141 Å². The molecule has 126 valence electrons. The number of methoxy groups -OCH3 is 1. The quantitative estimate of drug-likeness (QED) is 0.848. The molecule has 0 spiro atoms. The monoisotopic (exact) mass is 326 g/mol. The Balaban J connectivity index is 1.66. The molecule has 2 unspecified atom stereocenters. The number of hydrogen-bond acceptors (Lipinski definition) is 4. The number of benzene rings is 1. The lowest BCUT2D eigenvalue weighted by molar-refractivity contribution is 0.0664. The van der Waals surface area contributed by atoms with E-state index in [2.05, 4.69) is 19.7 Å². The molecule has 4 rings (SSSR count). The molecule has 1 saturated heterocycles. The molecule has 24 heavy (non-hydrogen) atoms. The summed E-state index contributed by atoms with van der Waals surface area (Å²) in [5.41, 5.74) is 1.72. The smallest absolute Gasteiger partial charge is 0.254 e. The molecule has 0 aliphatic carbocycles. The fourth-order valence-electron chi connectivity index (χ4n) is 4.05. The second-order valence-corrected chi connectivity index (χ2v) is 6.76. The van der Waals surface area contributed by atoms with E-state index < -0.39 is 0 Å². The first kappa shape index (κ1) is 15.2. The van der Waals surface area contributed by atoms with Gasteiger partial charge in [-0.3, -0.25) is 4.79 Å². The summed E-state index contributed by atoms with van der Waals surface area (Å²) in [6, 6.07) is 6.10. The maximum atomic E-state index is 13.2. The molecular formula is C18H22N4O2. The van der Waals surface area contributed by atoms with E-state index in [9.17, 15) is 4.79 Å². The van der Waals surface area contributed by atoms with Gasteiger partial charge in [0.15, 0.2) is 0 Å². The number of carbonyl (C=O) groups is 1. The van der Waals surface area contributed by atoms with Crippen molar-refractivity contribution in [3.8, 4) is 5.75 Å². The summed E-state index contributed by atoms with van der Waals surface area (Å²) in [7, 11) is 1.64. The summed E-state index contributed by atoms with van der Waals surface area (Å²) in [5, 5.41) is 8.49. The molecule has 2 aliphatic rings. The highest BCUT2D eigenvalue weighted by atomic mass is 16.5. The fraction of sp³-hybridized carbons (Fsp3) is 0.500. The number of carbonyl (C=O) groups excluding carboxylic acids is 1. The van der Waals surface area contributed by atoms with E-state index in [-0.39, 0.29) is 18.0 Å². The number of aromatic nitrogens is 3. The molecule has 2 aromatic rings. The van der Waals surface area contributed by atoms with Crippen molar-refractivity contribution in [2.75, 3.05) is 7.11 Å². The van der Waals surface area contributed by atoms with Crippen molar-refractivity contribution in [2.24, 2.45) is 0 Å². The van der Waals surface area contributed by atoms with Crippen LogP contribution in [0.5, 0.6) is 5.75 Å². The minimum atomic E-state index is 0.124. The average molecular weight is 326 g/mol. The first-order chi connectivity index (χ1) is 11.6. The van der Waals surface area contributed by atoms with Gasteiger partial charge < -0.3 is 14.2 Å². The summed E-state index contributed by atoms with van der Waals surface area (Å²) in [4.78, 5) is 15.3. The van der Waals surface area contributed by atoms with Gasteiger partial charge in [0.2, 0.25) is 0 Å². The maximum Gasteiger partial charge on any atom is 0.254 e. The van der Waals surface area contributed by atoms with Crippen LogP contribution in [-0.4, -0.2) is 44.8 Å². The highest BCUT2D eigenvalue weighted by Gasteiger charge is 2.41. The van der Waals surface area contributed by atoms with E-state index in [0.717, 1.165) is 54.3 Å². The third kappa shape index (κ3) is 2.28. The second-order valence-electron chi connectivity index (χ2n) is 6.76. The molecule has 6 nitrogen and oxygen atoms in total. The first-order valence-corrected chi connectivity index (χ1v) is 8.44. The molecular weight excluding hydrogens is 304 g/mol. The summed E-state index contributed by atoms with van der Waals surface area (Å²) in [6.45, 7) is 4.75. The minimum Gasteiger partial charge on any atom is -0.497 e. The van der Waals surface area contributed by atoms with Crippen LogP contribution >= 0.6 is 0 Å². The number of nitrogens with zero attached hydrogens (tertiary/aromatic N) is 4. The average Bonchev–Trinajstić information content (AvgIpc) is 3.05. The van der Waals surface area contributed by atoms with Crippen LogP contribution in [0.3, 0.4) is 0 Å². The highest BCUT2D eigenvalue weighted by Crippen LogP contribution is 2.33. The van der Waals surface area contributed by atoms with Crippen LogP contribution in [-0.2, 0) is 13.0 Å². The minimum absolute atomic E-state index is 0.124. The number of fused-ring (bicyclic) bond motifs is 3. The van der Waals surface area contributed by atoms with Crippen LogP contribution in [0.15, 0.2) is 18.2 Å². The number of aryl methyl sites for hydroxylation is 2. The zero-order valence-corrected chi connectivity index (χ0v) is 14.3. The van der Waals surface area contributed by atoms with Crippen molar-refractivity contribution in [3.63, 3.8) is 0 Å². The van der Waals surface area contributed by atoms with Crippen molar-refractivity contribution in [2.45, 2.75) is 51.7 Å². The Morgan fingerprint density at radius 2 is 2.00 bits per heavy atom. The SMILES string of the molecule is COc1ccc(C(=O)N2C3CCC2Cn2c(C)nnc2C3)c(C)c1. The van der Waals surface area contributed by atoms with Gasteiger partial charge in [0.25, 0.3) is 5.91 Å². The standard InChI is InChI=1S/C18H22N4O2/c1-11-8-15(24-3)6-7-16(11)18(23)22-13-4-5-14(22)10-21-12(2)19-20-17(21)9-13/h6-8,13-14H,4-5,9-10H2,1-3H3. The van der Waals surface area contributed by atoms with Gasteiger partial charge in [-0.1, -0.05) is 0 Å². The Kier molecular flexibility index (Phi) is 3.55. The Morgan fingerprint density at radius 3 is 2.75 bits per heavy atom. The van der Waals surface area contributed by atoms with Crippen molar-refractivity contribution in [1.82, 2.24) is 19.7 Å². The first-order valence-electron chi connectivity index (χ1n) is 8.44. The third-order valence-electron chi connectivity index (χ3n) is 5.34. The van der Waals surface area contributed by atoms with Gasteiger partial charge >= 0.3 is 0 Å². The fourth-order valence-corrected chi connectivity index (χ4v) is 4.05. The third-order valence-corrected chi connectivity index (χ3v) is 5.34. The predicted octanol–water partition coefficient (Wildman–Crippen LogP) is 2.13. The van der Waals surface area contributed by atoms with E-state index in [1.807, 2.05) is 32.0 Å². The second kappa shape index (κ2) is 5.61. The van der Waals surface area contributed by atoms with Crippen LogP contribution in [0.2, 0.25) is 0 Å². The zero-order chi connectivity index (χ0) is 16.8. The van der Waals surface area contributed by atoms with Crippen LogP contribution in [0, 0.1) is 13.8 Å². The molecule has 2 bridgehead atoms. The number of rotatable bonds is 2. The molecule has 3 heterocycles. The number of amides is 1. The van der Waals surface area contributed by atoms with Crippen LogP contribution in [0.4, 0.5) is 0 Å². The zero-order valence-electron chi connectivity index (χ0n) is 14.3. The largest absolute Gasteiger partial charge is 0.497 e. The van der Waals surface area contributed by atoms with Crippen LogP contribution < -0.4 is 4.74 Å². The van der Waals surface area contributed by atoms with Crippen LogP contribution in [0.25, 0.3) is 0 Å². The van der Waals surface area contributed by atoms with E-state index in [1.165, 1.54) is 0 Å². The molecule has 2 aliphatic heterocycles. The lowest BCUT2D eigenvalue weighted by Gasteiger charge is -2.28. The molecule has 0 radical (unpaired) electrons. The Hall–Kier alpha value is -2.37. The lowest BCUT2D eigenvalue weighted by atomic mass is 10.1. The van der Waals surface area contributed by atoms with Gasteiger partial charge in [-0.15, -0.1) is 10.2 Å². The van der Waals surface area contributed by atoms with Gasteiger partial charge in [-0.25, -0.2) is 0 Å². The molecule has 1 aromatic carbocycles. The van der Waals surface area contributed by atoms with Crippen LogP contribution in [0.1, 0.15) is 40.4 Å². The van der Waals surface area contributed by atoms with Crippen molar-refractivity contribution in [3.05, 3.63) is 41.0 Å². The van der Waals surface area contributed by atoms with E-state index in [4.69, 9.17) is 4.74 Å². The number of hydrogen-bond donors (Lipinski definition) is 0. The maximum absolute atomic E-state index is 13.2. The van der Waals surface area contributed by atoms with E-state index in [0.29, 0.717) is 0 Å². The number of ether oxygens (including phenoxy) is 1. The van der Waals surface area contributed by atoms with Gasteiger partial charge in [-0.2, -0.15) is 0 Å². The topological polar surface area (TPSA) is 60.2 Å². The van der Waals surface area contributed by atoms with Gasteiger partial charge in [0, 0.05) is 24.6 Å². The van der Waals surface area contributed by atoms with Crippen molar-refractivity contribution >= 4 is 5.91 Å². The van der Waals surface area contributed by atoms with Gasteiger partial charge in [-0.05, 0) is 50.5 Å². The van der Waals surface area contributed by atoms with E-state index in [1.54, 1.807) is 7.11 Å². The molecule has 2 atom stereocenters. The normalized spacial score (nSPS) is 22.2. The summed E-state index contributed by atoms with van der Waals surface area (Å²) in [6.07, 6.45) is 2.87. The molecule has 0 saturated carbocycles. The predicted molar refractivity (Wildman–Crippen MR) is 89.2 cm³/mol. The molecule has 1 amide bonds. The molecule has 1 aromatic heterocycles. The highest BCUT2D eigenvalue weighted by molar-refractivity contribution is 5.96. The van der Waals surface area contributed by atoms with E-state index >= 15 is 0 Å². The van der Waals surface area contributed by atoms with Crippen molar-refractivity contribution < 1.29 is 9.53 Å². The summed E-state index contributed by atoms with van der Waals surface area (Å²) < 4.78 is 7.42. The van der Waals surface area contributed by atoms with Gasteiger partial charge in [0.05, 0.1) is 13.2 Å². The van der Waals surface area contributed by atoms with Crippen molar-refractivity contribution in [1.29, 1.82) is 0 Å². The molecule has 6 heteroatoms.